The second-order valence-electron chi connectivity index (χ2n) is 7.03. The molecule has 1 aromatic carbocycles. The molecule has 0 bridgehead atoms. The van der Waals surface area contributed by atoms with Gasteiger partial charge in [-0.2, -0.15) is 0 Å². The zero-order valence-corrected chi connectivity index (χ0v) is 17.1. The Morgan fingerprint density at radius 1 is 1.21 bits per heavy atom. The van der Waals surface area contributed by atoms with Crippen LogP contribution in [0.5, 0.6) is 0 Å². The van der Waals surface area contributed by atoms with E-state index in [1.807, 2.05) is 43.0 Å². The van der Waals surface area contributed by atoms with Crippen molar-refractivity contribution >= 4 is 23.4 Å². The van der Waals surface area contributed by atoms with Crippen molar-refractivity contribution in [2.45, 2.75) is 33.2 Å². The Morgan fingerprint density at radius 3 is 2.61 bits per heavy atom. The van der Waals surface area contributed by atoms with Crippen molar-refractivity contribution in [2.24, 2.45) is 5.92 Å². The number of carbonyl (C=O) groups is 2. The number of hydrogen-bond donors (Lipinski definition) is 0. The number of halogens is 1. The van der Waals surface area contributed by atoms with Crippen LogP contribution in [0, 0.1) is 5.92 Å². The summed E-state index contributed by atoms with van der Waals surface area (Å²) in [6.07, 6.45) is 3.30. The van der Waals surface area contributed by atoms with Gasteiger partial charge in [0.1, 0.15) is 0 Å². The number of carbonyl (C=O) groups excluding carboxylic acids is 2. The Bertz CT molecular complexity index is 816. The van der Waals surface area contributed by atoms with Gasteiger partial charge in [0, 0.05) is 31.2 Å². The third-order valence-corrected chi connectivity index (χ3v) is 5.40. The molecule has 1 fully saturated rings. The summed E-state index contributed by atoms with van der Waals surface area (Å²) in [5.74, 6) is -0.171. The summed E-state index contributed by atoms with van der Waals surface area (Å²) >= 11 is 5.91. The maximum atomic E-state index is 12.9. The molecule has 3 rings (SSSR count). The van der Waals surface area contributed by atoms with E-state index in [9.17, 15) is 9.59 Å². The Labute approximate surface area is 170 Å². The van der Waals surface area contributed by atoms with E-state index in [0.29, 0.717) is 43.4 Å². The van der Waals surface area contributed by atoms with Crippen LogP contribution in [0.25, 0.3) is 0 Å². The number of rotatable bonds is 6. The van der Waals surface area contributed by atoms with E-state index in [-0.39, 0.29) is 17.7 Å². The molecule has 7 nitrogen and oxygen atoms in total. The van der Waals surface area contributed by atoms with Crippen LogP contribution in [0.4, 0.5) is 0 Å². The smallest absolute Gasteiger partial charge is 0.276 e. The minimum atomic E-state index is -0.167. The third-order valence-electron chi connectivity index (χ3n) is 5.15. The zero-order valence-electron chi connectivity index (χ0n) is 16.3. The number of aromatic nitrogens is 3. The minimum absolute atomic E-state index is 0.133. The van der Waals surface area contributed by atoms with Crippen molar-refractivity contribution in [1.82, 2.24) is 24.8 Å². The molecule has 1 aliphatic rings. The van der Waals surface area contributed by atoms with Crippen LogP contribution in [0.2, 0.25) is 5.02 Å². The molecular formula is C20H26ClN5O2. The molecule has 1 aliphatic heterocycles. The first-order chi connectivity index (χ1) is 13.5. The maximum absolute atomic E-state index is 12.9. The molecule has 1 atom stereocenters. The SMILES string of the molecule is CCN(CC)C(=O)[C@H]1CCCN(C(=O)c2cn(Cc3ccc(Cl)cc3)nn2)C1. The zero-order chi connectivity index (χ0) is 20.1. The van der Waals surface area contributed by atoms with Gasteiger partial charge in [-0.3, -0.25) is 9.59 Å². The highest BCUT2D eigenvalue weighted by atomic mass is 35.5. The highest BCUT2D eigenvalue weighted by Gasteiger charge is 2.31. The van der Waals surface area contributed by atoms with E-state index in [2.05, 4.69) is 10.3 Å². The average molecular weight is 404 g/mol. The van der Waals surface area contributed by atoms with Gasteiger partial charge in [0.05, 0.1) is 18.7 Å². The minimum Gasteiger partial charge on any atom is -0.343 e. The lowest BCUT2D eigenvalue weighted by molar-refractivity contribution is -0.136. The van der Waals surface area contributed by atoms with Gasteiger partial charge < -0.3 is 9.80 Å². The van der Waals surface area contributed by atoms with Crippen molar-refractivity contribution in [3.05, 3.63) is 46.7 Å². The first-order valence-electron chi connectivity index (χ1n) is 9.74. The normalized spacial score (nSPS) is 16.8. The van der Waals surface area contributed by atoms with Gasteiger partial charge in [0.25, 0.3) is 5.91 Å². The van der Waals surface area contributed by atoms with Gasteiger partial charge in [-0.1, -0.05) is 28.9 Å². The van der Waals surface area contributed by atoms with Crippen LogP contribution in [-0.4, -0.2) is 62.8 Å². The van der Waals surface area contributed by atoms with Crippen molar-refractivity contribution < 1.29 is 9.59 Å². The molecule has 2 aromatic rings. The van der Waals surface area contributed by atoms with E-state index >= 15 is 0 Å². The van der Waals surface area contributed by atoms with Crippen molar-refractivity contribution in [3.63, 3.8) is 0 Å². The number of nitrogens with zero attached hydrogens (tertiary/aromatic N) is 5. The van der Waals surface area contributed by atoms with Crippen molar-refractivity contribution in [1.29, 1.82) is 0 Å². The molecule has 2 amide bonds. The first kappa shape index (κ1) is 20.3. The van der Waals surface area contributed by atoms with Gasteiger partial charge in [0.2, 0.25) is 5.91 Å². The largest absolute Gasteiger partial charge is 0.343 e. The predicted molar refractivity (Wildman–Crippen MR) is 107 cm³/mol. The third kappa shape index (κ3) is 4.70. The summed E-state index contributed by atoms with van der Waals surface area (Å²) in [4.78, 5) is 29.1. The number of hydrogen-bond acceptors (Lipinski definition) is 4. The number of piperidine rings is 1. The fourth-order valence-corrected chi connectivity index (χ4v) is 3.70. The molecule has 8 heteroatoms. The number of amides is 2. The lowest BCUT2D eigenvalue weighted by atomic mass is 9.96. The molecule has 0 unspecified atom stereocenters. The predicted octanol–water partition coefficient (Wildman–Crippen LogP) is 2.70. The first-order valence-corrected chi connectivity index (χ1v) is 10.1. The van der Waals surface area contributed by atoms with Gasteiger partial charge >= 0.3 is 0 Å². The van der Waals surface area contributed by atoms with E-state index in [1.165, 1.54) is 0 Å². The van der Waals surface area contributed by atoms with Crippen LogP contribution in [-0.2, 0) is 11.3 Å². The molecule has 28 heavy (non-hydrogen) atoms. The van der Waals surface area contributed by atoms with Crippen molar-refractivity contribution in [3.8, 4) is 0 Å². The van der Waals surface area contributed by atoms with E-state index in [0.717, 1.165) is 18.4 Å². The molecule has 0 radical (unpaired) electrons. The molecule has 0 N–H and O–H groups in total. The molecule has 150 valence electrons. The monoisotopic (exact) mass is 403 g/mol. The highest BCUT2D eigenvalue weighted by Crippen LogP contribution is 2.20. The Balaban J connectivity index is 1.64. The summed E-state index contributed by atoms with van der Waals surface area (Å²) < 4.78 is 1.64. The molecule has 0 aliphatic carbocycles. The summed E-state index contributed by atoms with van der Waals surface area (Å²) in [6.45, 7) is 6.94. The summed E-state index contributed by atoms with van der Waals surface area (Å²) in [5.41, 5.74) is 1.33. The van der Waals surface area contributed by atoms with Crippen LogP contribution >= 0.6 is 11.6 Å². The van der Waals surface area contributed by atoms with Gasteiger partial charge in [-0.05, 0) is 44.4 Å². The standard InChI is InChI=1S/C20H26ClN5O2/c1-3-24(4-2)19(27)16-6-5-11-25(13-16)20(28)18-14-26(23-22-18)12-15-7-9-17(21)10-8-15/h7-10,14,16H,3-6,11-13H2,1-2H3/t16-/m0/s1. The molecule has 0 saturated carbocycles. The topological polar surface area (TPSA) is 71.3 Å². The summed E-state index contributed by atoms with van der Waals surface area (Å²) in [7, 11) is 0. The fourth-order valence-electron chi connectivity index (χ4n) is 3.57. The summed E-state index contributed by atoms with van der Waals surface area (Å²) in [6, 6.07) is 7.47. The second-order valence-corrected chi connectivity index (χ2v) is 7.47. The lowest BCUT2D eigenvalue weighted by Crippen LogP contribution is -2.46. The average Bonchev–Trinajstić information content (AvgIpc) is 3.18. The van der Waals surface area contributed by atoms with E-state index in [4.69, 9.17) is 11.6 Å². The van der Waals surface area contributed by atoms with Gasteiger partial charge in [0.15, 0.2) is 5.69 Å². The second kappa shape index (κ2) is 9.19. The van der Waals surface area contributed by atoms with Crippen molar-refractivity contribution in [2.75, 3.05) is 26.2 Å². The molecule has 0 spiro atoms. The van der Waals surface area contributed by atoms with Crippen LogP contribution in [0.3, 0.4) is 0 Å². The Hall–Kier alpha value is -2.41. The Kier molecular flexibility index (Phi) is 6.67. The molecule has 1 saturated heterocycles. The molecular weight excluding hydrogens is 378 g/mol. The summed E-state index contributed by atoms with van der Waals surface area (Å²) in [5, 5.41) is 8.79. The molecule has 1 aromatic heterocycles. The van der Waals surface area contributed by atoms with Crippen LogP contribution in [0.15, 0.2) is 30.5 Å². The van der Waals surface area contributed by atoms with Crippen LogP contribution in [0.1, 0.15) is 42.7 Å². The molecule has 2 heterocycles. The Morgan fingerprint density at radius 2 is 1.93 bits per heavy atom. The number of likely N-dealkylation sites (tertiary alicyclic amines) is 1. The van der Waals surface area contributed by atoms with Gasteiger partial charge in [-0.15, -0.1) is 5.10 Å². The lowest BCUT2D eigenvalue weighted by Gasteiger charge is -2.34. The van der Waals surface area contributed by atoms with Gasteiger partial charge in [-0.25, -0.2) is 4.68 Å². The fraction of sp³-hybridized carbons (Fsp3) is 0.500. The number of benzene rings is 1. The maximum Gasteiger partial charge on any atom is 0.276 e. The van der Waals surface area contributed by atoms with E-state index < -0.39 is 0 Å². The quantitative estimate of drug-likeness (QED) is 0.743. The highest BCUT2D eigenvalue weighted by molar-refractivity contribution is 6.30. The van der Waals surface area contributed by atoms with Crippen LogP contribution < -0.4 is 0 Å². The van der Waals surface area contributed by atoms with E-state index in [1.54, 1.807) is 15.8 Å².